The van der Waals surface area contributed by atoms with E-state index in [-0.39, 0.29) is 25.2 Å². The number of hydrogen-bond acceptors (Lipinski definition) is 6. The molecule has 9 nitrogen and oxygen atoms in total. The first-order chi connectivity index (χ1) is 16.9. The first kappa shape index (κ1) is 28.0. The van der Waals surface area contributed by atoms with Crippen LogP contribution in [0.1, 0.15) is 71.4 Å². The number of nitrogens with zero attached hydrogens (tertiary/aromatic N) is 1. The molecule has 1 unspecified atom stereocenters. The van der Waals surface area contributed by atoms with E-state index < -0.39 is 12.0 Å². The van der Waals surface area contributed by atoms with Gasteiger partial charge in [-0.3, -0.25) is 4.79 Å². The Hall–Kier alpha value is -3.23. The van der Waals surface area contributed by atoms with Crippen LogP contribution >= 0.6 is 0 Å². The van der Waals surface area contributed by atoms with E-state index in [1.807, 2.05) is 20.8 Å². The number of hydrogen-bond donors (Lipinski definition) is 2. The molecule has 1 aromatic carbocycles. The number of carbonyl (C=O) groups is 3. The number of amides is 3. The molecule has 3 amide bonds. The van der Waals surface area contributed by atoms with Gasteiger partial charge in [0.05, 0.1) is 25.3 Å². The molecule has 1 aliphatic rings. The lowest BCUT2D eigenvalue weighted by atomic mass is 9.93. The van der Waals surface area contributed by atoms with Crippen LogP contribution in [0, 0.1) is 0 Å². The summed E-state index contributed by atoms with van der Waals surface area (Å²) in [6.45, 7) is 9.34. The SMILES string of the molecule is CCCCC1=C(C(=O)OCC)C(c2ccc(OCC(=O)N(CCC)CCC)c(OC)c2)NC(=O)N1. The zero-order valence-electron chi connectivity index (χ0n) is 21.6. The first-order valence-electron chi connectivity index (χ1n) is 12.5. The Labute approximate surface area is 208 Å². The van der Waals surface area contributed by atoms with Crippen molar-refractivity contribution < 1.29 is 28.6 Å². The van der Waals surface area contributed by atoms with Gasteiger partial charge in [0, 0.05) is 18.8 Å². The van der Waals surface area contributed by atoms with Crippen molar-refractivity contribution >= 4 is 17.9 Å². The van der Waals surface area contributed by atoms with Crippen molar-refractivity contribution in [3.05, 3.63) is 35.0 Å². The Morgan fingerprint density at radius 1 is 1.03 bits per heavy atom. The van der Waals surface area contributed by atoms with Gasteiger partial charge in [-0.25, -0.2) is 9.59 Å². The molecule has 1 heterocycles. The maximum atomic E-state index is 12.9. The zero-order valence-corrected chi connectivity index (χ0v) is 21.6. The van der Waals surface area contributed by atoms with Crippen molar-refractivity contribution in [2.24, 2.45) is 0 Å². The number of allylic oxidation sites excluding steroid dienone is 1. The number of rotatable bonds is 14. The summed E-state index contributed by atoms with van der Waals surface area (Å²) in [5.41, 5.74) is 1.59. The summed E-state index contributed by atoms with van der Waals surface area (Å²) in [6.07, 6.45) is 4.05. The maximum absolute atomic E-state index is 12.9. The summed E-state index contributed by atoms with van der Waals surface area (Å²) in [7, 11) is 1.50. The van der Waals surface area contributed by atoms with Crippen molar-refractivity contribution in [1.29, 1.82) is 0 Å². The molecule has 0 bridgehead atoms. The van der Waals surface area contributed by atoms with Gasteiger partial charge in [0.1, 0.15) is 0 Å². The highest BCUT2D eigenvalue weighted by Gasteiger charge is 2.34. The molecule has 35 heavy (non-hydrogen) atoms. The van der Waals surface area contributed by atoms with Crippen LogP contribution in [0.4, 0.5) is 4.79 Å². The van der Waals surface area contributed by atoms with E-state index in [2.05, 4.69) is 10.6 Å². The van der Waals surface area contributed by atoms with E-state index in [9.17, 15) is 14.4 Å². The molecule has 1 aromatic rings. The first-order valence-corrected chi connectivity index (χ1v) is 12.5. The second kappa shape index (κ2) is 14.2. The minimum atomic E-state index is -0.705. The van der Waals surface area contributed by atoms with Crippen LogP contribution in [0.3, 0.4) is 0 Å². The van der Waals surface area contributed by atoms with Crippen LogP contribution in [-0.4, -0.2) is 56.2 Å². The average Bonchev–Trinajstić information content (AvgIpc) is 2.85. The lowest BCUT2D eigenvalue weighted by Gasteiger charge is -2.30. The van der Waals surface area contributed by atoms with Crippen LogP contribution in [-0.2, 0) is 14.3 Å². The second-order valence-corrected chi connectivity index (χ2v) is 8.33. The highest BCUT2D eigenvalue weighted by atomic mass is 16.5. The van der Waals surface area contributed by atoms with Gasteiger partial charge in [-0.2, -0.15) is 0 Å². The Balaban J connectivity index is 2.32. The van der Waals surface area contributed by atoms with Gasteiger partial charge in [0.25, 0.3) is 5.91 Å². The molecule has 0 aromatic heterocycles. The number of esters is 1. The van der Waals surface area contributed by atoms with Gasteiger partial charge in [-0.1, -0.05) is 33.3 Å². The Morgan fingerprint density at radius 3 is 2.34 bits per heavy atom. The van der Waals surface area contributed by atoms with Gasteiger partial charge in [-0.15, -0.1) is 0 Å². The van der Waals surface area contributed by atoms with E-state index in [1.54, 1.807) is 30.0 Å². The highest BCUT2D eigenvalue weighted by molar-refractivity contribution is 5.95. The van der Waals surface area contributed by atoms with E-state index in [4.69, 9.17) is 14.2 Å². The van der Waals surface area contributed by atoms with Crippen molar-refractivity contribution in [3.63, 3.8) is 0 Å². The highest BCUT2D eigenvalue weighted by Crippen LogP contribution is 2.35. The summed E-state index contributed by atoms with van der Waals surface area (Å²) in [6, 6.07) is 4.07. The fraction of sp³-hybridized carbons (Fsp3) is 0.577. The third kappa shape index (κ3) is 7.63. The van der Waals surface area contributed by atoms with Crippen molar-refractivity contribution in [2.45, 2.75) is 65.8 Å². The molecule has 2 rings (SSSR count). The fourth-order valence-electron chi connectivity index (χ4n) is 3.98. The molecular weight excluding hydrogens is 450 g/mol. The number of methoxy groups -OCH3 is 1. The van der Waals surface area contributed by atoms with E-state index in [0.717, 1.165) is 25.7 Å². The zero-order chi connectivity index (χ0) is 25.8. The number of carbonyl (C=O) groups excluding carboxylic acids is 3. The van der Waals surface area contributed by atoms with Crippen molar-refractivity contribution in [3.8, 4) is 11.5 Å². The van der Waals surface area contributed by atoms with Crippen molar-refractivity contribution in [1.82, 2.24) is 15.5 Å². The minimum absolute atomic E-state index is 0.0847. The van der Waals surface area contributed by atoms with Gasteiger partial charge in [-0.05, 0) is 50.3 Å². The molecule has 2 N–H and O–H groups in total. The molecule has 1 atom stereocenters. The normalized spacial score (nSPS) is 15.2. The molecule has 0 radical (unpaired) electrons. The Bertz CT molecular complexity index is 908. The van der Waals surface area contributed by atoms with Gasteiger partial charge < -0.3 is 29.7 Å². The van der Waals surface area contributed by atoms with Crippen LogP contribution in [0.15, 0.2) is 29.5 Å². The van der Waals surface area contributed by atoms with Crippen molar-refractivity contribution in [2.75, 3.05) is 33.4 Å². The monoisotopic (exact) mass is 489 g/mol. The quantitative estimate of drug-likeness (QED) is 0.382. The molecule has 1 aliphatic heterocycles. The summed E-state index contributed by atoms with van der Waals surface area (Å²) in [5, 5.41) is 5.60. The molecule has 0 aliphatic carbocycles. The Kier molecular flexibility index (Phi) is 11.4. The second-order valence-electron chi connectivity index (χ2n) is 8.33. The molecule has 0 fully saturated rings. The van der Waals surface area contributed by atoms with Gasteiger partial charge in [0.2, 0.25) is 0 Å². The topological polar surface area (TPSA) is 106 Å². The van der Waals surface area contributed by atoms with E-state index in [1.165, 1.54) is 7.11 Å². The number of ether oxygens (including phenoxy) is 3. The molecule has 194 valence electrons. The third-order valence-corrected chi connectivity index (χ3v) is 5.64. The molecule has 0 spiro atoms. The molecule has 0 saturated heterocycles. The summed E-state index contributed by atoms with van der Waals surface area (Å²) in [5.74, 6) is 0.246. The van der Waals surface area contributed by atoms with Gasteiger partial charge >= 0.3 is 12.0 Å². The smallest absolute Gasteiger partial charge is 0.338 e. The van der Waals surface area contributed by atoms with Crippen LogP contribution in [0.2, 0.25) is 0 Å². The molecular formula is C26H39N3O6. The lowest BCUT2D eigenvalue weighted by Crippen LogP contribution is -2.46. The van der Waals surface area contributed by atoms with Crippen LogP contribution in [0.5, 0.6) is 11.5 Å². The standard InChI is InChI=1S/C26H39N3O6/c1-6-10-11-19-23(25(31)34-9-4)24(28-26(32)27-19)18-12-13-20(21(16-18)33-5)35-17-22(30)29(14-7-2)15-8-3/h12-13,16,24H,6-11,14-15,17H2,1-5H3,(H2,27,28,32). The van der Waals surface area contributed by atoms with E-state index >= 15 is 0 Å². The Morgan fingerprint density at radius 2 is 1.74 bits per heavy atom. The van der Waals surface area contributed by atoms with Crippen LogP contribution in [0.25, 0.3) is 0 Å². The number of urea groups is 1. The predicted molar refractivity (Wildman–Crippen MR) is 133 cm³/mol. The maximum Gasteiger partial charge on any atom is 0.338 e. The molecule has 0 saturated carbocycles. The summed E-state index contributed by atoms with van der Waals surface area (Å²) < 4.78 is 16.6. The van der Waals surface area contributed by atoms with Gasteiger partial charge in [0.15, 0.2) is 18.1 Å². The fourth-order valence-corrected chi connectivity index (χ4v) is 3.98. The minimum Gasteiger partial charge on any atom is -0.493 e. The predicted octanol–water partition coefficient (Wildman–Crippen LogP) is 4.08. The summed E-state index contributed by atoms with van der Waals surface area (Å²) in [4.78, 5) is 39.7. The largest absolute Gasteiger partial charge is 0.493 e. The van der Waals surface area contributed by atoms with Crippen LogP contribution < -0.4 is 20.1 Å². The molecule has 9 heteroatoms. The lowest BCUT2D eigenvalue weighted by molar-refractivity contribution is -0.139. The number of nitrogens with one attached hydrogen (secondary N) is 2. The van der Waals surface area contributed by atoms with E-state index in [0.29, 0.717) is 47.8 Å². The number of unbranched alkanes of at least 4 members (excludes halogenated alkanes) is 1. The summed E-state index contributed by atoms with van der Waals surface area (Å²) >= 11 is 0. The average molecular weight is 490 g/mol. The number of benzene rings is 1. The third-order valence-electron chi connectivity index (χ3n) is 5.64.